The van der Waals surface area contributed by atoms with Crippen molar-refractivity contribution >= 4 is 5.97 Å². The average molecular weight is 351 g/mol. The molecular formula is C23H42O2. The lowest BCUT2D eigenvalue weighted by atomic mass is 10.0. The molecule has 0 atom stereocenters. The molecule has 0 aromatic rings. The number of carbonyl (C=O) groups excluding carboxylic acids is 1. The Balaban J connectivity index is 3.24. The maximum Gasteiger partial charge on any atom is 0.305 e. The van der Waals surface area contributed by atoms with Gasteiger partial charge in [-0.15, -0.1) is 0 Å². The molecule has 0 rings (SSSR count). The van der Waals surface area contributed by atoms with Crippen LogP contribution >= 0.6 is 0 Å². The van der Waals surface area contributed by atoms with Crippen molar-refractivity contribution in [3.05, 3.63) is 23.8 Å². The van der Waals surface area contributed by atoms with Crippen molar-refractivity contribution in [3.63, 3.8) is 0 Å². The summed E-state index contributed by atoms with van der Waals surface area (Å²) in [5.41, 5.74) is 1.51. The number of carbonyl (C=O) groups is 1. The van der Waals surface area contributed by atoms with Crippen molar-refractivity contribution in [1.29, 1.82) is 0 Å². The molecule has 0 radical (unpaired) electrons. The van der Waals surface area contributed by atoms with E-state index in [1.54, 1.807) is 0 Å². The van der Waals surface area contributed by atoms with Gasteiger partial charge in [-0.3, -0.25) is 4.79 Å². The Morgan fingerprint density at radius 3 is 2.04 bits per heavy atom. The highest BCUT2D eigenvalue weighted by Crippen LogP contribution is 2.12. The molecule has 0 aliphatic carbocycles. The molecule has 0 saturated carbocycles. The van der Waals surface area contributed by atoms with E-state index in [2.05, 4.69) is 39.0 Å². The van der Waals surface area contributed by atoms with Crippen molar-refractivity contribution in [2.75, 3.05) is 6.61 Å². The molecule has 0 saturated heterocycles. The minimum atomic E-state index is -0.00675. The Hall–Kier alpha value is -1.05. The Morgan fingerprint density at radius 1 is 0.800 bits per heavy atom. The number of allylic oxidation sites excluding steroid dienone is 4. The molecule has 0 unspecified atom stereocenters. The summed E-state index contributed by atoms with van der Waals surface area (Å²) in [4.78, 5) is 11.6. The SMILES string of the molecule is C/C=C(/C)CCCCCCCCCC(=O)OCCCCC/C=C\CC. The monoisotopic (exact) mass is 350 g/mol. The first-order valence-corrected chi connectivity index (χ1v) is 10.6. The molecule has 0 fully saturated rings. The van der Waals surface area contributed by atoms with Gasteiger partial charge in [-0.25, -0.2) is 0 Å². The molecular weight excluding hydrogens is 308 g/mol. The van der Waals surface area contributed by atoms with Crippen LogP contribution in [0.4, 0.5) is 0 Å². The molecule has 0 aromatic carbocycles. The van der Waals surface area contributed by atoms with Gasteiger partial charge in [0.05, 0.1) is 6.61 Å². The summed E-state index contributed by atoms with van der Waals surface area (Å²) in [5.74, 6) is -0.00675. The zero-order valence-corrected chi connectivity index (χ0v) is 17.2. The molecule has 25 heavy (non-hydrogen) atoms. The maximum absolute atomic E-state index is 11.6. The summed E-state index contributed by atoms with van der Waals surface area (Å²) < 4.78 is 5.30. The average Bonchev–Trinajstić information content (AvgIpc) is 2.62. The molecule has 2 nitrogen and oxygen atoms in total. The summed E-state index contributed by atoms with van der Waals surface area (Å²) in [5, 5.41) is 0. The number of unbranched alkanes of at least 4 members (excludes halogenated alkanes) is 9. The smallest absolute Gasteiger partial charge is 0.305 e. The van der Waals surface area contributed by atoms with Crippen molar-refractivity contribution in [3.8, 4) is 0 Å². The number of ether oxygens (including phenoxy) is 1. The highest BCUT2D eigenvalue weighted by Gasteiger charge is 2.02. The van der Waals surface area contributed by atoms with Crippen LogP contribution in [0.25, 0.3) is 0 Å². The zero-order valence-electron chi connectivity index (χ0n) is 17.2. The van der Waals surface area contributed by atoms with Crippen LogP contribution in [0.15, 0.2) is 23.8 Å². The third-order valence-electron chi connectivity index (χ3n) is 4.63. The molecule has 0 heterocycles. The first kappa shape index (κ1) is 23.9. The quantitative estimate of drug-likeness (QED) is 0.154. The molecule has 0 spiro atoms. The van der Waals surface area contributed by atoms with E-state index in [-0.39, 0.29) is 5.97 Å². The van der Waals surface area contributed by atoms with Crippen LogP contribution in [0.2, 0.25) is 0 Å². The van der Waals surface area contributed by atoms with Crippen LogP contribution in [0.5, 0.6) is 0 Å². The normalized spacial score (nSPS) is 12.0. The fraction of sp³-hybridized carbons (Fsp3) is 0.783. The lowest BCUT2D eigenvalue weighted by Gasteiger charge is -2.05. The third kappa shape index (κ3) is 19.1. The third-order valence-corrected chi connectivity index (χ3v) is 4.63. The van der Waals surface area contributed by atoms with E-state index < -0.39 is 0 Å². The second-order valence-corrected chi connectivity index (χ2v) is 7.06. The molecule has 0 bridgehead atoms. The molecule has 0 aliphatic heterocycles. The minimum absolute atomic E-state index is 0.00675. The van der Waals surface area contributed by atoms with Gasteiger partial charge in [0.15, 0.2) is 0 Å². The van der Waals surface area contributed by atoms with Gasteiger partial charge in [-0.1, -0.05) is 62.8 Å². The first-order chi connectivity index (χ1) is 12.2. The van der Waals surface area contributed by atoms with Crippen LogP contribution in [0.1, 0.15) is 111 Å². The van der Waals surface area contributed by atoms with E-state index in [4.69, 9.17) is 4.74 Å². The van der Waals surface area contributed by atoms with E-state index in [1.807, 2.05) is 0 Å². The van der Waals surface area contributed by atoms with E-state index >= 15 is 0 Å². The van der Waals surface area contributed by atoms with Crippen LogP contribution < -0.4 is 0 Å². The lowest BCUT2D eigenvalue weighted by Crippen LogP contribution is -2.05. The van der Waals surface area contributed by atoms with Crippen LogP contribution in [-0.4, -0.2) is 12.6 Å². The molecule has 0 amide bonds. The summed E-state index contributed by atoms with van der Waals surface area (Å²) in [6.45, 7) is 7.09. The molecule has 0 aliphatic rings. The fourth-order valence-electron chi connectivity index (χ4n) is 2.79. The van der Waals surface area contributed by atoms with E-state index in [1.165, 1.54) is 50.5 Å². The first-order valence-electron chi connectivity index (χ1n) is 10.6. The summed E-state index contributed by atoms with van der Waals surface area (Å²) in [6.07, 6.45) is 22.8. The van der Waals surface area contributed by atoms with Gasteiger partial charge < -0.3 is 4.74 Å². The van der Waals surface area contributed by atoms with Gasteiger partial charge in [0, 0.05) is 6.42 Å². The van der Waals surface area contributed by atoms with Gasteiger partial charge in [0.2, 0.25) is 0 Å². The second kappa shape index (κ2) is 19.3. The Bertz CT molecular complexity index is 355. The van der Waals surface area contributed by atoms with Crippen molar-refractivity contribution in [1.82, 2.24) is 0 Å². The second-order valence-electron chi connectivity index (χ2n) is 7.06. The summed E-state index contributed by atoms with van der Waals surface area (Å²) >= 11 is 0. The molecule has 0 aromatic heterocycles. The maximum atomic E-state index is 11.6. The van der Waals surface area contributed by atoms with Crippen LogP contribution in [-0.2, 0) is 9.53 Å². The van der Waals surface area contributed by atoms with E-state index in [9.17, 15) is 4.79 Å². The molecule has 146 valence electrons. The van der Waals surface area contributed by atoms with Gasteiger partial charge >= 0.3 is 5.97 Å². The predicted molar refractivity (Wildman–Crippen MR) is 110 cm³/mol. The highest BCUT2D eigenvalue weighted by atomic mass is 16.5. The number of esters is 1. The number of hydrogen-bond donors (Lipinski definition) is 0. The lowest BCUT2D eigenvalue weighted by molar-refractivity contribution is -0.143. The van der Waals surface area contributed by atoms with Crippen LogP contribution in [0, 0.1) is 0 Å². The van der Waals surface area contributed by atoms with E-state index in [0.717, 1.165) is 38.5 Å². The molecule has 2 heteroatoms. The van der Waals surface area contributed by atoms with Gasteiger partial charge in [0.1, 0.15) is 0 Å². The van der Waals surface area contributed by atoms with Crippen molar-refractivity contribution < 1.29 is 9.53 Å². The van der Waals surface area contributed by atoms with E-state index in [0.29, 0.717) is 13.0 Å². The fourth-order valence-corrected chi connectivity index (χ4v) is 2.79. The standard InChI is InChI=1S/C23H42O2/c1-4-6-7-8-12-15-18-21-25-23(24)20-17-14-11-9-10-13-16-19-22(3)5-2/h5-7H,4,8-21H2,1-3H3/b7-6-,22-5-. The van der Waals surface area contributed by atoms with Crippen molar-refractivity contribution in [2.45, 2.75) is 111 Å². The summed E-state index contributed by atoms with van der Waals surface area (Å²) in [6, 6.07) is 0. The Labute approximate surface area is 157 Å². The number of rotatable bonds is 17. The Kier molecular flexibility index (Phi) is 18.5. The minimum Gasteiger partial charge on any atom is -0.466 e. The zero-order chi connectivity index (χ0) is 18.6. The van der Waals surface area contributed by atoms with Gasteiger partial charge in [-0.2, -0.15) is 0 Å². The topological polar surface area (TPSA) is 26.3 Å². The largest absolute Gasteiger partial charge is 0.466 e. The van der Waals surface area contributed by atoms with Gasteiger partial charge in [-0.05, 0) is 65.2 Å². The van der Waals surface area contributed by atoms with Gasteiger partial charge in [0.25, 0.3) is 0 Å². The molecule has 0 N–H and O–H groups in total. The predicted octanol–water partition coefficient (Wildman–Crippen LogP) is 7.53. The Morgan fingerprint density at radius 2 is 1.40 bits per heavy atom. The number of hydrogen-bond acceptors (Lipinski definition) is 2. The van der Waals surface area contributed by atoms with Crippen LogP contribution in [0.3, 0.4) is 0 Å². The summed E-state index contributed by atoms with van der Waals surface area (Å²) in [7, 11) is 0. The highest BCUT2D eigenvalue weighted by molar-refractivity contribution is 5.69. The van der Waals surface area contributed by atoms with Crippen molar-refractivity contribution in [2.24, 2.45) is 0 Å².